The second kappa shape index (κ2) is 13.9. The first-order valence-corrected chi connectivity index (χ1v) is 18.8. The lowest BCUT2D eigenvalue weighted by Crippen LogP contribution is -2.48. The van der Waals surface area contributed by atoms with Gasteiger partial charge in [-0.15, -0.1) is 0 Å². The zero-order valence-electron chi connectivity index (χ0n) is 32.1. The molecule has 9 rings (SSSR count). The first-order chi connectivity index (χ1) is 27.9. The monoisotopic (exact) mass is 783 g/mol. The van der Waals surface area contributed by atoms with Crippen LogP contribution < -0.4 is 36.5 Å². The molecule has 0 spiro atoms. The number of carbonyl (C=O) groups is 2. The van der Waals surface area contributed by atoms with Crippen molar-refractivity contribution >= 4 is 50.2 Å². The standard InChI is InChI=1S/C43H38FN7O7/c1-47-21-31(29-17-37(50-19-26(44)20-50)45-18-30(29)41(47)54)25-15-35(57-3)32(36(16-25)58-4)22-49-13-12-24-14-23(8-9-28(24)42(49)55)27-6-5-7-33-39(27)48(2)43(56)51(33)34-10-11-38(52)46-40(34)53/h5-9,12-18,21,26,34H,10-11,19-20,22H2,1-4H3,(H,46,52,53). The molecule has 7 aromatic rings. The minimum atomic E-state index is -0.915. The van der Waals surface area contributed by atoms with Gasteiger partial charge in [0.25, 0.3) is 11.1 Å². The van der Waals surface area contributed by atoms with E-state index in [1.807, 2.05) is 53.4 Å². The molecule has 0 bridgehead atoms. The summed E-state index contributed by atoms with van der Waals surface area (Å²) >= 11 is 0. The lowest BCUT2D eigenvalue weighted by atomic mass is 9.98. The second-order valence-electron chi connectivity index (χ2n) is 14.8. The number of benzene rings is 3. The van der Waals surface area contributed by atoms with Crippen LogP contribution in [0.25, 0.3) is 54.8 Å². The van der Waals surface area contributed by atoms with Gasteiger partial charge in [0.05, 0.1) is 55.8 Å². The van der Waals surface area contributed by atoms with E-state index >= 15 is 0 Å². The van der Waals surface area contributed by atoms with Gasteiger partial charge in [-0.25, -0.2) is 14.2 Å². The Morgan fingerprint density at radius 3 is 2.31 bits per heavy atom. The number of fused-ring (bicyclic) bond motifs is 3. The Balaban J connectivity index is 1.08. The molecule has 294 valence electrons. The van der Waals surface area contributed by atoms with Crippen LogP contribution in [0.2, 0.25) is 0 Å². The largest absolute Gasteiger partial charge is 0.496 e. The number of nitrogens with one attached hydrogen (secondary N) is 1. The number of ether oxygens (including phenoxy) is 2. The molecule has 3 aromatic carbocycles. The number of hydrogen-bond donors (Lipinski definition) is 1. The van der Waals surface area contributed by atoms with E-state index in [-0.39, 0.29) is 55.2 Å². The molecule has 0 radical (unpaired) electrons. The van der Waals surface area contributed by atoms with Crippen LogP contribution in [0.5, 0.6) is 11.5 Å². The number of piperidine rings is 1. The molecule has 2 amide bonds. The maximum Gasteiger partial charge on any atom is 0.329 e. The maximum atomic E-state index is 14.1. The molecular weight excluding hydrogens is 746 g/mol. The van der Waals surface area contributed by atoms with Gasteiger partial charge < -0.3 is 23.5 Å². The lowest BCUT2D eigenvalue weighted by Gasteiger charge is -2.35. The van der Waals surface area contributed by atoms with Gasteiger partial charge in [0.1, 0.15) is 29.5 Å². The SMILES string of the molecule is COc1cc(-c2cn(C)c(=O)c3cnc(N4CC(F)C4)cc23)cc(OC)c1Cn1ccc2cc(-c3cccc4c3n(C)c(=O)n4C3CCC(=O)NC3=O)ccc2c1=O. The summed E-state index contributed by atoms with van der Waals surface area (Å²) in [6.07, 6.45) is 4.44. The average Bonchev–Trinajstić information content (AvgIpc) is 3.47. The van der Waals surface area contributed by atoms with Crippen molar-refractivity contribution in [1.82, 2.24) is 28.6 Å². The molecule has 2 aliphatic heterocycles. The van der Waals surface area contributed by atoms with Gasteiger partial charge in [-0.3, -0.25) is 33.6 Å². The van der Waals surface area contributed by atoms with Crippen molar-refractivity contribution in [3.63, 3.8) is 0 Å². The average molecular weight is 784 g/mol. The highest BCUT2D eigenvalue weighted by Gasteiger charge is 2.32. The van der Waals surface area contributed by atoms with Crippen molar-refractivity contribution < 1.29 is 23.5 Å². The Labute approximate surface area is 329 Å². The molecule has 0 saturated carbocycles. The number of amides is 2. The lowest BCUT2D eigenvalue weighted by molar-refractivity contribution is -0.135. The van der Waals surface area contributed by atoms with Crippen LogP contribution >= 0.6 is 0 Å². The molecule has 1 atom stereocenters. The number of imide groups is 1. The van der Waals surface area contributed by atoms with Crippen LogP contribution in [0, 0.1) is 0 Å². The predicted molar refractivity (Wildman–Crippen MR) is 218 cm³/mol. The first kappa shape index (κ1) is 36.6. The number of imidazole rings is 1. The van der Waals surface area contributed by atoms with Crippen LogP contribution in [0.1, 0.15) is 24.4 Å². The zero-order valence-corrected chi connectivity index (χ0v) is 32.1. The minimum Gasteiger partial charge on any atom is -0.496 e. The van der Waals surface area contributed by atoms with E-state index in [1.54, 1.807) is 57.4 Å². The van der Waals surface area contributed by atoms with Gasteiger partial charge in [0.15, 0.2) is 0 Å². The van der Waals surface area contributed by atoms with E-state index < -0.39 is 18.1 Å². The number of aryl methyl sites for hydroxylation is 2. The third-order valence-electron chi connectivity index (χ3n) is 11.4. The molecule has 2 saturated heterocycles. The summed E-state index contributed by atoms with van der Waals surface area (Å²) in [6.45, 7) is 0.609. The molecule has 2 aliphatic rings. The summed E-state index contributed by atoms with van der Waals surface area (Å²) in [4.78, 5) is 71.6. The van der Waals surface area contributed by atoms with Crippen LogP contribution in [-0.4, -0.2) is 68.5 Å². The van der Waals surface area contributed by atoms with Crippen molar-refractivity contribution in [3.8, 4) is 33.8 Å². The fraction of sp³-hybridized carbons (Fsp3) is 0.256. The smallest absolute Gasteiger partial charge is 0.329 e. The number of aromatic nitrogens is 5. The maximum absolute atomic E-state index is 14.1. The molecule has 1 N–H and O–H groups in total. The fourth-order valence-corrected chi connectivity index (χ4v) is 8.31. The number of rotatable bonds is 8. The minimum absolute atomic E-state index is 0.125. The molecular formula is C43H38FN7O7. The van der Waals surface area contributed by atoms with Gasteiger partial charge in [0, 0.05) is 61.0 Å². The second-order valence-corrected chi connectivity index (χ2v) is 14.8. The summed E-state index contributed by atoms with van der Waals surface area (Å²) in [7, 11) is 6.41. The highest BCUT2D eigenvalue weighted by molar-refractivity contribution is 6.01. The zero-order chi connectivity index (χ0) is 40.6. The Kier molecular flexibility index (Phi) is 8.75. The number of methoxy groups -OCH3 is 2. The van der Waals surface area contributed by atoms with Crippen molar-refractivity contribution in [3.05, 3.63) is 116 Å². The van der Waals surface area contributed by atoms with Gasteiger partial charge in [-0.05, 0) is 65.4 Å². The van der Waals surface area contributed by atoms with Gasteiger partial charge in [0.2, 0.25) is 11.8 Å². The van der Waals surface area contributed by atoms with E-state index in [0.717, 1.165) is 16.7 Å². The third kappa shape index (κ3) is 5.83. The molecule has 2 fully saturated rings. The highest BCUT2D eigenvalue weighted by atomic mass is 19.1. The fourth-order valence-electron chi connectivity index (χ4n) is 8.31. The van der Waals surface area contributed by atoms with Crippen LogP contribution in [-0.2, 0) is 30.2 Å². The van der Waals surface area contributed by atoms with Crippen molar-refractivity contribution in [2.75, 3.05) is 32.2 Å². The van der Waals surface area contributed by atoms with Crippen LogP contribution in [0.15, 0.2) is 93.6 Å². The summed E-state index contributed by atoms with van der Waals surface area (Å²) in [5.74, 6) is 0.664. The van der Waals surface area contributed by atoms with Crippen molar-refractivity contribution in [2.24, 2.45) is 14.1 Å². The third-order valence-corrected chi connectivity index (χ3v) is 11.4. The molecule has 14 nitrogen and oxygen atoms in total. The molecule has 58 heavy (non-hydrogen) atoms. The number of hydrogen-bond acceptors (Lipinski definition) is 9. The normalized spacial score (nSPS) is 15.9. The molecule has 15 heteroatoms. The highest BCUT2D eigenvalue weighted by Crippen LogP contribution is 2.39. The summed E-state index contributed by atoms with van der Waals surface area (Å²) < 4.78 is 31.5. The van der Waals surface area contributed by atoms with Gasteiger partial charge in [-0.2, -0.15) is 0 Å². The van der Waals surface area contributed by atoms with E-state index in [2.05, 4.69) is 10.3 Å². The summed E-state index contributed by atoms with van der Waals surface area (Å²) in [5, 5.41) is 4.59. The van der Waals surface area contributed by atoms with E-state index in [1.165, 1.54) is 19.9 Å². The van der Waals surface area contributed by atoms with Crippen LogP contribution in [0.4, 0.5) is 10.2 Å². The number of para-hydroxylation sites is 1. The molecule has 6 heterocycles. The number of halogens is 1. The quantitative estimate of drug-likeness (QED) is 0.221. The van der Waals surface area contributed by atoms with Crippen molar-refractivity contribution in [2.45, 2.75) is 31.6 Å². The number of nitrogens with zero attached hydrogens (tertiary/aromatic N) is 6. The van der Waals surface area contributed by atoms with E-state index in [9.17, 15) is 28.4 Å². The topological polar surface area (TPSA) is 152 Å². The molecule has 1 unspecified atom stereocenters. The summed E-state index contributed by atoms with van der Waals surface area (Å²) in [6, 6.07) is 17.5. The van der Waals surface area contributed by atoms with Gasteiger partial charge in [-0.1, -0.05) is 18.2 Å². The number of pyridine rings is 3. The van der Waals surface area contributed by atoms with Gasteiger partial charge >= 0.3 is 5.69 Å². The van der Waals surface area contributed by atoms with E-state index in [4.69, 9.17) is 9.47 Å². The summed E-state index contributed by atoms with van der Waals surface area (Å²) in [5.41, 5.74) is 3.96. The molecule has 0 aliphatic carbocycles. The molecule has 4 aromatic heterocycles. The number of anilines is 1. The number of alkyl halides is 1. The van der Waals surface area contributed by atoms with Crippen molar-refractivity contribution in [1.29, 1.82) is 0 Å². The Morgan fingerprint density at radius 2 is 1.60 bits per heavy atom. The Bertz CT molecular complexity index is 3040. The first-order valence-electron chi connectivity index (χ1n) is 18.8. The Morgan fingerprint density at radius 1 is 0.845 bits per heavy atom. The van der Waals surface area contributed by atoms with E-state index in [0.29, 0.717) is 61.0 Å². The number of carbonyl (C=O) groups excluding carboxylic acids is 2. The van der Waals surface area contributed by atoms with Crippen LogP contribution in [0.3, 0.4) is 0 Å². The Hall–Kier alpha value is -7.03. The predicted octanol–water partition coefficient (Wildman–Crippen LogP) is 4.44.